The second kappa shape index (κ2) is 7.00. The summed E-state index contributed by atoms with van der Waals surface area (Å²) in [6.45, 7) is 4.70. The van der Waals surface area contributed by atoms with Gasteiger partial charge in [-0.25, -0.2) is 9.78 Å². The zero-order valence-corrected chi connectivity index (χ0v) is 11.2. The third-order valence-electron chi connectivity index (χ3n) is 2.03. The molecule has 0 aliphatic carbocycles. The molecule has 0 aliphatic rings. The number of carboxylic acids is 1. The molecule has 5 nitrogen and oxygen atoms in total. The van der Waals surface area contributed by atoms with E-state index in [-0.39, 0.29) is 17.4 Å². The molecule has 0 saturated carbocycles. The number of nitrogens with one attached hydrogen (secondary N) is 1. The van der Waals surface area contributed by atoms with E-state index in [9.17, 15) is 9.59 Å². The SMILES string of the molecule is CC(C)CNC(=O)CSc1ccnc(C(=O)O)c1. The van der Waals surface area contributed by atoms with Crippen molar-refractivity contribution in [3.63, 3.8) is 0 Å². The number of aromatic nitrogens is 1. The third-order valence-corrected chi connectivity index (χ3v) is 3.02. The Kier molecular flexibility index (Phi) is 5.64. The molecule has 0 atom stereocenters. The maximum Gasteiger partial charge on any atom is 0.354 e. The van der Waals surface area contributed by atoms with Gasteiger partial charge in [-0.1, -0.05) is 13.8 Å². The second-order valence-corrected chi connectivity index (χ2v) is 5.22. The smallest absolute Gasteiger partial charge is 0.354 e. The molecule has 1 amide bonds. The highest BCUT2D eigenvalue weighted by Gasteiger charge is 2.07. The molecule has 1 aromatic heterocycles. The van der Waals surface area contributed by atoms with Crippen molar-refractivity contribution in [1.82, 2.24) is 10.3 Å². The summed E-state index contributed by atoms with van der Waals surface area (Å²) >= 11 is 1.30. The van der Waals surface area contributed by atoms with Crippen molar-refractivity contribution in [1.29, 1.82) is 0 Å². The molecule has 0 fully saturated rings. The number of aromatic carboxylic acids is 1. The maximum absolute atomic E-state index is 11.5. The Morgan fingerprint density at radius 3 is 2.83 bits per heavy atom. The quantitative estimate of drug-likeness (QED) is 0.767. The molecule has 18 heavy (non-hydrogen) atoms. The lowest BCUT2D eigenvalue weighted by Crippen LogP contribution is -2.28. The van der Waals surface area contributed by atoms with E-state index in [4.69, 9.17) is 5.11 Å². The number of thioether (sulfide) groups is 1. The van der Waals surface area contributed by atoms with E-state index < -0.39 is 5.97 Å². The molecular weight excluding hydrogens is 252 g/mol. The first-order chi connectivity index (χ1) is 8.49. The molecular formula is C12H16N2O3S. The lowest BCUT2D eigenvalue weighted by atomic mass is 10.2. The fourth-order valence-electron chi connectivity index (χ4n) is 1.14. The van der Waals surface area contributed by atoms with Crippen LogP contribution in [0.1, 0.15) is 24.3 Å². The van der Waals surface area contributed by atoms with Gasteiger partial charge in [0, 0.05) is 17.6 Å². The molecule has 0 bridgehead atoms. The molecule has 2 N–H and O–H groups in total. The fraction of sp³-hybridized carbons (Fsp3) is 0.417. The first kappa shape index (κ1) is 14.5. The molecule has 0 unspecified atom stereocenters. The standard InChI is InChI=1S/C12H16N2O3S/c1-8(2)6-14-11(15)7-18-9-3-4-13-10(5-9)12(16)17/h3-5,8H,6-7H2,1-2H3,(H,14,15)(H,16,17). The minimum absolute atomic E-state index is 0.0115. The van der Waals surface area contributed by atoms with Gasteiger partial charge in [0.05, 0.1) is 5.75 Å². The van der Waals surface area contributed by atoms with Crippen LogP contribution in [0.3, 0.4) is 0 Å². The summed E-state index contributed by atoms with van der Waals surface area (Å²) in [4.78, 5) is 26.6. The van der Waals surface area contributed by atoms with Gasteiger partial charge >= 0.3 is 5.97 Å². The van der Waals surface area contributed by atoms with Crippen molar-refractivity contribution in [3.8, 4) is 0 Å². The molecule has 1 aromatic rings. The average molecular weight is 268 g/mol. The number of nitrogens with zero attached hydrogens (tertiary/aromatic N) is 1. The lowest BCUT2D eigenvalue weighted by molar-refractivity contribution is -0.118. The van der Waals surface area contributed by atoms with Crippen molar-refractivity contribution >= 4 is 23.6 Å². The minimum atomic E-state index is -1.07. The summed E-state index contributed by atoms with van der Waals surface area (Å²) in [5.74, 6) is -0.432. The number of pyridine rings is 1. The van der Waals surface area contributed by atoms with Crippen LogP contribution in [0, 0.1) is 5.92 Å². The summed E-state index contributed by atoms with van der Waals surface area (Å²) in [6, 6.07) is 3.15. The topological polar surface area (TPSA) is 79.3 Å². The van der Waals surface area contributed by atoms with E-state index >= 15 is 0 Å². The van der Waals surface area contributed by atoms with Crippen molar-refractivity contribution in [2.45, 2.75) is 18.7 Å². The van der Waals surface area contributed by atoms with Crippen molar-refractivity contribution in [2.24, 2.45) is 5.92 Å². The monoisotopic (exact) mass is 268 g/mol. The van der Waals surface area contributed by atoms with Crippen LogP contribution >= 0.6 is 11.8 Å². The number of rotatable bonds is 6. The highest BCUT2D eigenvalue weighted by Crippen LogP contribution is 2.17. The molecule has 0 radical (unpaired) electrons. The Bertz CT molecular complexity index is 435. The highest BCUT2D eigenvalue weighted by atomic mass is 32.2. The summed E-state index contributed by atoms with van der Waals surface area (Å²) < 4.78 is 0. The number of amides is 1. The number of hydrogen-bond donors (Lipinski definition) is 2. The van der Waals surface area contributed by atoms with Gasteiger partial charge in [0.15, 0.2) is 0 Å². The largest absolute Gasteiger partial charge is 0.477 e. The molecule has 1 heterocycles. The van der Waals surface area contributed by atoms with Crippen LogP contribution in [0.15, 0.2) is 23.2 Å². The summed E-state index contributed by atoms with van der Waals surface area (Å²) in [5, 5.41) is 11.6. The van der Waals surface area contributed by atoms with E-state index in [1.165, 1.54) is 24.0 Å². The van der Waals surface area contributed by atoms with Crippen molar-refractivity contribution in [2.75, 3.05) is 12.3 Å². The summed E-state index contributed by atoms with van der Waals surface area (Å²) in [5.41, 5.74) is -0.0115. The van der Waals surface area contributed by atoms with Crippen LogP contribution < -0.4 is 5.32 Å². The Morgan fingerprint density at radius 2 is 2.22 bits per heavy atom. The zero-order chi connectivity index (χ0) is 13.5. The van der Waals surface area contributed by atoms with Gasteiger partial charge in [-0.3, -0.25) is 4.79 Å². The number of hydrogen-bond acceptors (Lipinski definition) is 4. The fourth-order valence-corrected chi connectivity index (χ4v) is 1.89. The van der Waals surface area contributed by atoms with E-state index in [2.05, 4.69) is 10.3 Å². The Hall–Kier alpha value is -1.56. The van der Waals surface area contributed by atoms with Crippen molar-refractivity contribution in [3.05, 3.63) is 24.0 Å². The minimum Gasteiger partial charge on any atom is -0.477 e. The van der Waals surface area contributed by atoms with Crippen LogP contribution in [0.25, 0.3) is 0 Å². The molecule has 0 saturated heterocycles. The van der Waals surface area contributed by atoms with Gasteiger partial charge in [-0.15, -0.1) is 11.8 Å². The van der Waals surface area contributed by atoms with Gasteiger partial charge in [0.25, 0.3) is 0 Å². The third kappa shape index (κ3) is 5.18. The molecule has 0 spiro atoms. The number of carbonyl (C=O) groups is 2. The maximum atomic E-state index is 11.5. The first-order valence-corrected chi connectivity index (χ1v) is 6.56. The molecule has 0 aliphatic heterocycles. The van der Waals surface area contributed by atoms with Crippen LogP contribution in [0.4, 0.5) is 0 Å². The van der Waals surface area contributed by atoms with Crippen LogP contribution in [-0.4, -0.2) is 34.3 Å². The first-order valence-electron chi connectivity index (χ1n) is 5.58. The Morgan fingerprint density at radius 1 is 1.50 bits per heavy atom. The van der Waals surface area contributed by atoms with Crippen molar-refractivity contribution < 1.29 is 14.7 Å². The highest BCUT2D eigenvalue weighted by molar-refractivity contribution is 8.00. The predicted molar refractivity (Wildman–Crippen MR) is 69.8 cm³/mol. The van der Waals surface area contributed by atoms with Crippen LogP contribution in [0.2, 0.25) is 0 Å². The summed E-state index contributed by atoms with van der Waals surface area (Å²) in [6.07, 6.45) is 1.43. The number of carboxylic acid groups (broad SMARTS) is 1. The van der Waals surface area contributed by atoms with E-state index in [0.717, 1.165) is 4.90 Å². The van der Waals surface area contributed by atoms with Gasteiger partial charge in [0.2, 0.25) is 5.91 Å². The van der Waals surface area contributed by atoms with E-state index in [1.54, 1.807) is 6.07 Å². The van der Waals surface area contributed by atoms with Crippen LogP contribution in [0.5, 0.6) is 0 Å². The number of carbonyl (C=O) groups excluding carboxylic acids is 1. The Labute approximate surface area is 110 Å². The Balaban J connectivity index is 2.46. The van der Waals surface area contributed by atoms with Gasteiger partial charge in [0.1, 0.15) is 5.69 Å². The predicted octanol–water partition coefficient (Wildman–Crippen LogP) is 1.64. The molecule has 1 rings (SSSR count). The van der Waals surface area contributed by atoms with Gasteiger partial charge in [-0.2, -0.15) is 0 Å². The second-order valence-electron chi connectivity index (χ2n) is 4.17. The molecule has 0 aromatic carbocycles. The van der Waals surface area contributed by atoms with Gasteiger partial charge in [-0.05, 0) is 18.1 Å². The lowest BCUT2D eigenvalue weighted by Gasteiger charge is -2.07. The van der Waals surface area contributed by atoms with Crippen LogP contribution in [-0.2, 0) is 4.79 Å². The average Bonchev–Trinajstić information content (AvgIpc) is 2.34. The normalized spacial score (nSPS) is 10.4. The van der Waals surface area contributed by atoms with E-state index in [0.29, 0.717) is 12.5 Å². The molecule has 98 valence electrons. The zero-order valence-electron chi connectivity index (χ0n) is 10.3. The van der Waals surface area contributed by atoms with E-state index in [1.807, 2.05) is 13.8 Å². The summed E-state index contributed by atoms with van der Waals surface area (Å²) in [7, 11) is 0. The van der Waals surface area contributed by atoms with Gasteiger partial charge < -0.3 is 10.4 Å². The molecule has 6 heteroatoms.